The second-order valence-corrected chi connectivity index (χ2v) is 3.99. The van der Waals surface area contributed by atoms with Crippen LogP contribution in [0.5, 0.6) is 0 Å². The lowest BCUT2D eigenvalue weighted by molar-refractivity contribution is -0.137. The Labute approximate surface area is 102 Å². The van der Waals surface area contributed by atoms with Crippen molar-refractivity contribution in [1.29, 1.82) is 0 Å². The highest BCUT2D eigenvalue weighted by molar-refractivity contribution is 7.80. The van der Waals surface area contributed by atoms with Crippen LogP contribution in [-0.2, 0) is 13.2 Å². The van der Waals surface area contributed by atoms with E-state index in [1.807, 2.05) is 0 Å². The van der Waals surface area contributed by atoms with Gasteiger partial charge in [-0.25, -0.2) is 4.98 Å². The number of benzene rings is 1. The normalized spacial score (nSPS) is 11.8. The van der Waals surface area contributed by atoms with Gasteiger partial charge in [-0.05, 0) is 6.07 Å². The van der Waals surface area contributed by atoms with Crippen molar-refractivity contribution in [3.8, 4) is 11.3 Å². The van der Waals surface area contributed by atoms with Crippen LogP contribution in [0.3, 0.4) is 0 Å². The van der Waals surface area contributed by atoms with Crippen LogP contribution >= 0.6 is 12.6 Å². The number of thiol groups is 1. The molecule has 2 nitrogen and oxygen atoms in total. The Kier molecular flexibility index (Phi) is 2.91. The fraction of sp³-hybridized carbons (Fsp3) is 0.182. The molecule has 1 heterocycles. The van der Waals surface area contributed by atoms with Gasteiger partial charge in [0.05, 0.1) is 17.6 Å². The lowest BCUT2D eigenvalue weighted by Gasteiger charge is -2.13. The van der Waals surface area contributed by atoms with Crippen molar-refractivity contribution in [2.45, 2.75) is 11.2 Å². The summed E-state index contributed by atoms with van der Waals surface area (Å²) < 4.78 is 40.1. The van der Waals surface area contributed by atoms with Crippen molar-refractivity contribution in [3.63, 3.8) is 0 Å². The molecular formula is C11H9F3N2S. The third-order valence-electron chi connectivity index (χ3n) is 2.41. The van der Waals surface area contributed by atoms with Crippen LogP contribution in [0.1, 0.15) is 5.56 Å². The number of rotatable bonds is 1. The number of nitrogens with zero attached hydrogens (tertiary/aromatic N) is 2. The maximum absolute atomic E-state index is 12.8. The van der Waals surface area contributed by atoms with E-state index >= 15 is 0 Å². The second-order valence-electron chi connectivity index (χ2n) is 3.57. The van der Waals surface area contributed by atoms with E-state index in [2.05, 4.69) is 17.6 Å². The molecule has 2 aromatic rings. The van der Waals surface area contributed by atoms with Gasteiger partial charge in [-0.3, -0.25) is 0 Å². The molecule has 0 fully saturated rings. The van der Waals surface area contributed by atoms with Crippen LogP contribution < -0.4 is 0 Å². The van der Waals surface area contributed by atoms with Crippen molar-refractivity contribution in [3.05, 3.63) is 36.2 Å². The molecule has 0 radical (unpaired) electrons. The Morgan fingerprint density at radius 1 is 1.24 bits per heavy atom. The molecule has 0 saturated carbocycles. The third-order valence-corrected chi connectivity index (χ3v) is 2.73. The van der Waals surface area contributed by atoms with Crippen LogP contribution in [0.25, 0.3) is 11.3 Å². The number of hydrogen-bond donors (Lipinski definition) is 1. The van der Waals surface area contributed by atoms with Crippen molar-refractivity contribution in [1.82, 2.24) is 9.55 Å². The molecule has 0 bridgehead atoms. The van der Waals surface area contributed by atoms with E-state index < -0.39 is 11.7 Å². The minimum absolute atomic E-state index is 0.0880. The number of aryl methyl sites for hydroxylation is 1. The van der Waals surface area contributed by atoms with Crippen LogP contribution in [0.4, 0.5) is 13.2 Å². The number of hydrogen-bond acceptors (Lipinski definition) is 2. The molecule has 0 spiro atoms. The number of aromatic nitrogens is 2. The molecule has 1 aromatic carbocycles. The first-order chi connectivity index (χ1) is 7.91. The standard InChI is InChI=1S/C11H9F3N2S/c1-16-6-15-10(17)9(16)7-4-2-3-5-8(7)11(12,13)14/h2-6,17H,1H3. The topological polar surface area (TPSA) is 17.8 Å². The first-order valence-corrected chi connectivity index (χ1v) is 5.23. The van der Waals surface area contributed by atoms with E-state index in [1.54, 1.807) is 13.1 Å². The van der Waals surface area contributed by atoms with Gasteiger partial charge in [0, 0.05) is 12.6 Å². The summed E-state index contributed by atoms with van der Waals surface area (Å²) >= 11 is 4.07. The van der Waals surface area contributed by atoms with Gasteiger partial charge in [0.1, 0.15) is 5.03 Å². The average Bonchev–Trinajstić information content (AvgIpc) is 2.57. The minimum Gasteiger partial charge on any atom is -0.333 e. The van der Waals surface area contributed by atoms with E-state index in [-0.39, 0.29) is 10.6 Å². The molecule has 90 valence electrons. The van der Waals surface area contributed by atoms with Crippen LogP contribution in [0.15, 0.2) is 35.6 Å². The quantitative estimate of drug-likeness (QED) is 0.776. The average molecular weight is 258 g/mol. The Balaban J connectivity index is 2.69. The van der Waals surface area contributed by atoms with Crippen LogP contribution in [0.2, 0.25) is 0 Å². The molecule has 0 aliphatic carbocycles. The molecule has 2 rings (SSSR count). The van der Waals surface area contributed by atoms with Crippen LogP contribution in [-0.4, -0.2) is 9.55 Å². The summed E-state index contributed by atoms with van der Waals surface area (Å²) in [4.78, 5) is 3.88. The molecule has 1 aromatic heterocycles. The Morgan fingerprint density at radius 2 is 1.88 bits per heavy atom. The van der Waals surface area contributed by atoms with Gasteiger partial charge in [0.25, 0.3) is 0 Å². The van der Waals surface area contributed by atoms with E-state index in [0.717, 1.165) is 6.07 Å². The fourth-order valence-corrected chi connectivity index (χ4v) is 1.99. The predicted octanol–water partition coefficient (Wildman–Crippen LogP) is 3.39. The largest absolute Gasteiger partial charge is 0.417 e. The molecule has 0 N–H and O–H groups in total. The monoisotopic (exact) mass is 258 g/mol. The molecular weight excluding hydrogens is 249 g/mol. The highest BCUT2D eigenvalue weighted by Crippen LogP contribution is 2.38. The molecule has 0 unspecified atom stereocenters. The van der Waals surface area contributed by atoms with Gasteiger partial charge in [0.2, 0.25) is 0 Å². The fourth-order valence-electron chi connectivity index (χ4n) is 1.67. The van der Waals surface area contributed by atoms with Gasteiger partial charge in [-0.1, -0.05) is 18.2 Å². The first kappa shape index (κ1) is 12.0. The van der Waals surface area contributed by atoms with Crippen molar-refractivity contribution >= 4 is 12.6 Å². The maximum Gasteiger partial charge on any atom is 0.417 e. The van der Waals surface area contributed by atoms with E-state index in [1.165, 1.54) is 23.0 Å². The first-order valence-electron chi connectivity index (χ1n) is 4.78. The molecule has 0 atom stereocenters. The van der Waals surface area contributed by atoms with Crippen molar-refractivity contribution in [2.75, 3.05) is 0 Å². The third kappa shape index (κ3) is 2.17. The zero-order valence-electron chi connectivity index (χ0n) is 8.86. The zero-order valence-corrected chi connectivity index (χ0v) is 9.76. The summed E-state index contributed by atoms with van der Waals surface area (Å²) in [5.41, 5.74) is -0.231. The Bertz CT molecular complexity index is 526. The van der Waals surface area contributed by atoms with Gasteiger partial charge >= 0.3 is 6.18 Å². The lowest BCUT2D eigenvalue weighted by atomic mass is 10.0. The molecule has 0 saturated heterocycles. The van der Waals surface area contributed by atoms with E-state index in [0.29, 0.717) is 5.69 Å². The molecule has 0 aliphatic rings. The molecule has 0 amide bonds. The lowest BCUT2D eigenvalue weighted by Crippen LogP contribution is -2.08. The summed E-state index contributed by atoms with van der Waals surface area (Å²) in [6.45, 7) is 0. The summed E-state index contributed by atoms with van der Waals surface area (Å²) in [6, 6.07) is 5.39. The van der Waals surface area contributed by atoms with Crippen LogP contribution in [0, 0.1) is 0 Å². The van der Waals surface area contributed by atoms with Crippen molar-refractivity contribution in [2.24, 2.45) is 7.05 Å². The molecule has 17 heavy (non-hydrogen) atoms. The highest BCUT2D eigenvalue weighted by atomic mass is 32.1. The van der Waals surface area contributed by atoms with Gasteiger partial charge in [0.15, 0.2) is 0 Å². The number of alkyl halides is 3. The predicted molar refractivity (Wildman–Crippen MR) is 60.9 cm³/mol. The smallest absolute Gasteiger partial charge is 0.333 e. The van der Waals surface area contributed by atoms with E-state index in [9.17, 15) is 13.2 Å². The van der Waals surface area contributed by atoms with Crippen molar-refractivity contribution < 1.29 is 13.2 Å². The summed E-state index contributed by atoms with van der Waals surface area (Å²) in [6.07, 6.45) is -2.95. The SMILES string of the molecule is Cn1cnc(S)c1-c1ccccc1C(F)(F)F. The second kappa shape index (κ2) is 4.10. The van der Waals surface area contributed by atoms with Gasteiger partial charge < -0.3 is 4.57 Å². The van der Waals surface area contributed by atoms with Gasteiger partial charge in [-0.2, -0.15) is 13.2 Å². The molecule has 0 aliphatic heterocycles. The maximum atomic E-state index is 12.8. The highest BCUT2D eigenvalue weighted by Gasteiger charge is 2.34. The minimum atomic E-state index is -4.39. The number of imidazole rings is 1. The van der Waals surface area contributed by atoms with Gasteiger partial charge in [-0.15, -0.1) is 12.6 Å². The van der Waals surface area contributed by atoms with E-state index in [4.69, 9.17) is 0 Å². The zero-order chi connectivity index (χ0) is 12.6. The Morgan fingerprint density at radius 3 is 2.41 bits per heavy atom. The number of halogens is 3. The Hall–Kier alpha value is -1.43. The summed E-state index contributed by atoms with van der Waals surface area (Å²) in [5.74, 6) is 0. The summed E-state index contributed by atoms with van der Waals surface area (Å²) in [5, 5.41) is 0.282. The molecule has 6 heteroatoms. The summed E-state index contributed by atoms with van der Waals surface area (Å²) in [7, 11) is 1.63.